The third-order valence-corrected chi connectivity index (χ3v) is 3.67. The number of rotatable bonds is 2. The summed E-state index contributed by atoms with van der Waals surface area (Å²) >= 11 is 0. The lowest BCUT2D eigenvalue weighted by atomic mass is 9.92. The van der Waals surface area contributed by atoms with Crippen molar-refractivity contribution in [2.24, 2.45) is 0 Å². The largest absolute Gasteiger partial charge is 0.504 e. The number of hydrogen-bond acceptors (Lipinski definition) is 3. The smallest absolute Gasteiger partial charge is 0.157 e. The molecular weight excluding hydrogens is 318 g/mol. The average molecular weight is 336 g/mol. The van der Waals surface area contributed by atoms with Crippen molar-refractivity contribution in [2.75, 3.05) is 0 Å². The Bertz CT molecular complexity index is 587. The summed E-state index contributed by atoms with van der Waals surface area (Å²) in [5.74, 6) is -0.0684. The van der Waals surface area contributed by atoms with Gasteiger partial charge in [-0.1, -0.05) is 30.3 Å². The fourth-order valence-electron chi connectivity index (χ4n) is 2.65. The van der Waals surface area contributed by atoms with Gasteiger partial charge in [-0.15, -0.1) is 17.0 Å². The molecule has 2 aromatic rings. The first-order valence-corrected chi connectivity index (χ1v) is 6.53. The minimum atomic E-state index is -0.0398. The van der Waals surface area contributed by atoms with E-state index >= 15 is 0 Å². The Kier molecular flexibility index (Phi) is 4.68. The van der Waals surface area contributed by atoms with Crippen molar-refractivity contribution >= 4 is 17.0 Å². The van der Waals surface area contributed by atoms with Gasteiger partial charge in [-0.2, -0.15) is 0 Å². The maximum absolute atomic E-state index is 9.58. The monoisotopic (exact) mass is 335 g/mol. The summed E-state index contributed by atoms with van der Waals surface area (Å²) in [6.07, 6.45) is 1.85. The maximum Gasteiger partial charge on any atom is 0.157 e. The Labute approximate surface area is 129 Å². The number of hydrogen-bond donors (Lipinski definition) is 3. The predicted octanol–water partition coefficient (Wildman–Crippen LogP) is 2.93. The average Bonchev–Trinajstić information content (AvgIpc) is 2.42. The summed E-state index contributed by atoms with van der Waals surface area (Å²) in [4.78, 5) is 0. The molecule has 0 radical (unpaired) electrons. The summed E-state index contributed by atoms with van der Waals surface area (Å²) in [6.45, 7) is 0.737. The molecule has 4 heteroatoms. The van der Waals surface area contributed by atoms with Crippen LogP contribution >= 0.6 is 17.0 Å². The van der Waals surface area contributed by atoms with Gasteiger partial charge in [-0.3, -0.25) is 0 Å². The van der Waals surface area contributed by atoms with Crippen LogP contribution < -0.4 is 5.32 Å². The van der Waals surface area contributed by atoms with Gasteiger partial charge in [-0.25, -0.2) is 0 Å². The fourth-order valence-corrected chi connectivity index (χ4v) is 2.65. The van der Waals surface area contributed by atoms with E-state index in [9.17, 15) is 10.2 Å². The molecule has 3 nitrogen and oxygen atoms in total. The van der Waals surface area contributed by atoms with Crippen LogP contribution in [0.1, 0.15) is 16.7 Å². The number of halogens is 1. The van der Waals surface area contributed by atoms with Crippen molar-refractivity contribution in [3.63, 3.8) is 0 Å². The molecule has 2 aromatic carbocycles. The Morgan fingerprint density at radius 3 is 2.35 bits per heavy atom. The molecule has 0 fully saturated rings. The first kappa shape index (κ1) is 14.9. The van der Waals surface area contributed by atoms with E-state index in [0.29, 0.717) is 6.04 Å². The Morgan fingerprint density at radius 1 is 1.00 bits per heavy atom. The first-order chi connectivity index (χ1) is 9.22. The van der Waals surface area contributed by atoms with Gasteiger partial charge in [0.25, 0.3) is 0 Å². The van der Waals surface area contributed by atoms with Crippen molar-refractivity contribution in [1.82, 2.24) is 5.32 Å². The lowest BCUT2D eigenvalue weighted by molar-refractivity contribution is 0.398. The zero-order valence-corrected chi connectivity index (χ0v) is 12.8. The summed E-state index contributed by atoms with van der Waals surface area (Å²) in [6, 6.07) is 14.1. The van der Waals surface area contributed by atoms with Crippen LogP contribution in [0.25, 0.3) is 0 Å². The van der Waals surface area contributed by atoms with Crippen molar-refractivity contribution in [3.8, 4) is 11.5 Å². The number of aromatic hydroxyl groups is 2. The summed E-state index contributed by atoms with van der Waals surface area (Å²) in [5.41, 5.74) is 3.50. The van der Waals surface area contributed by atoms with Crippen molar-refractivity contribution in [2.45, 2.75) is 25.4 Å². The molecule has 1 atom stereocenters. The molecule has 0 saturated carbocycles. The van der Waals surface area contributed by atoms with Crippen molar-refractivity contribution < 1.29 is 10.2 Å². The highest BCUT2D eigenvalue weighted by Gasteiger charge is 2.19. The van der Waals surface area contributed by atoms with Crippen LogP contribution in [-0.2, 0) is 19.4 Å². The highest BCUT2D eigenvalue weighted by atomic mass is 79.9. The van der Waals surface area contributed by atoms with Gasteiger partial charge in [0.1, 0.15) is 0 Å². The molecule has 20 heavy (non-hydrogen) atoms. The van der Waals surface area contributed by atoms with Gasteiger partial charge >= 0.3 is 0 Å². The minimum absolute atomic E-state index is 0. The van der Waals surface area contributed by atoms with Crippen molar-refractivity contribution in [3.05, 3.63) is 59.2 Å². The van der Waals surface area contributed by atoms with Gasteiger partial charge < -0.3 is 15.5 Å². The number of fused-ring (bicyclic) bond motifs is 1. The molecule has 0 aliphatic carbocycles. The molecule has 1 unspecified atom stereocenters. The molecule has 0 saturated heterocycles. The second kappa shape index (κ2) is 6.29. The van der Waals surface area contributed by atoms with E-state index in [1.54, 1.807) is 12.1 Å². The molecular formula is C16H18BrNO2. The van der Waals surface area contributed by atoms with Gasteiger partial charge in [0.15, 0.2) is 11.5 Å². The fraction of sp³-hybridized carbons (Fsp3) is 0.250. The zero-order chi connectivity index (χ0) is 13.2. The molecule has 0 spiro atoms. The van der Waals surface area contributed by atoms with Gasteiger partial charge in [-0.05, 0) is 41.7 Å². The normalized spacial score (nSPS) is 17.1. The van der Waals surface area contributed by atoms with E-state index in [1.807, 2.05) is 6.07 Å². The second-order valence-electron chi connectivity index (χ2n) is 5.08. The predicted molar refractivity (Wildman–Crippen MR) is 84.6 cm³/mol. The summed E-state index contributed by atoms with van der Waals surface area (Å²) < 4.78 is 0. The van der Waals surface area contributed by atoms with E-state index in [1.165, 1.54) is 5.56 Å². The van der Waals surface area contributed by atoms with Crippen LogP contribution in [0.5, 0.6) is 11.5 Å². The van der Waals surface area contributed by atoms with E-state index in [2.05, 4.69) is 29.6 Å². The summed E-state index contributed by atoms with van der Waals surface area (Å²) in [7, 11) is 0. The number of phenolic OH excluding ortho intramolecular Hbond substituents is 2. The second-order valence-corrected chi connectivity index (χ2v) is 5.08. The molecule has 1 aliphatic heterocycles. The Balaban J connectivity index is 0.00000147. The minimum Gasteiger partial charge on any atom is -0.504 e. The van der Waals surface area contributed by atoms with E-state index < -0.39 is 0 Å². The highest BCUT2D eigenvalue weighted by Crippen LogP contribution is 2.31. The topological polar surface area (TPSA) is 52.5 Å². The van der Waals surface area contributed by atoms with Gasteiger partial charge in [0, 0.05) is 12.6 Å². The first-order valence-electron chi connectivity index (χ1n) is 6.53. The molecule has 3 N–H and O–H groups in total. The lowest BCUT2D eigenvalue weighted by Gasteiger charge is -2.26. The third-order valence-electron chi connectivity index (χ3n) is 3.67. The maximum atomic E-state index is 9.58. The van der Waals surface area contributed by atoms with Crippen LogP contribution in [0.2, 0.25) is 0 Å². The van der Waals surface area contributed by atoms with E-state index in [-0.39, 0.29) is 28.5 Å². The Hall–Kier alpha value is -1.52. The Morgan fingerprint density at radius 2 is 1.65 bits per heavy atom. The molecule has 1 heterocycles. The summed E-state index contributed by atoms with van der Waals surface area (Å²) in [5, 5.41) is 22.6. The van der Waals surface area contributed by atoms with Crippen LogP contribution in [0.4, 0.5) is 0 Å². The number of phenols is 2. The molecule has 0 bridgehead atoms. The standard InChI is InChI=1S/C16H17NO2.BrH/c18-15-8-12-7-14(6-11-4-2-1-3-5-11)17-10-13(12)9-16(15)19;/h1-5,8-9,14,17-19H,6-7,10H2;1H. The quantitative estimate of drug-likeness (QED) is 0.739. The van der Waals surface area contributed by atoms with Crippen molar-refractivity contribution in [1.29, 1.82) is 0 Å². The van der Waals surface area contributed by atoms with Crippen LogP contribution in [0.3, 0.4) is 0 Å². The SMILES string of the molecule is Br.Oc1cc2c(cc1O)CC(Cc1ccccc1)NC2. The highest BCUT2D eigenvalue weighted by molar-refractivity contribution is 8.93. The molecule has 0 amide bonds. The number of nitrogens with one attached hydrogen (secondary N) is 1. The van der Waals surface area contributed by atoms with Crippen LogP contribution in [0.15, 0.2) is 42.5 Å². The third kappa shape index (κ3) is 3.14. The number of benzene rings is 2. The van der Waals surface area contributed by atoms with Gasteiger partial charge in [0.05, 0.1) is 0 Å². The molecule has 3 rings (SSSR count). The van der Waals surface area contributed by atoms with Gasteiger partial charge in [0.2, 0.25) is 0 Å². The molecule has 0 aromatic heterocycles. The van der Waals surface area contributed by atoms with E-state index in [4.69, 9.17) is 0 Å². The molecule has 106 valence electrons. The van der Waals surface area contributed by atoms with Crippen LogP contribution in [0, 0.1) is 0 Å². The zero-order valence-electron chi connectivity index (χ0n) is 11.0. The molecule has 1 aliphatic rings. The van der Waals surface area contributed by atoms with E-state index in [0.717, 1.165) is 30.5 Å². The van der Waals surface area contributed by atoms with Crippen LogP contribution in [-0.4, -0.2) is 16.3 Å². The lowest BCUT2D eigenvalue weighted by Crippen LogP contribution is -2.37.